The predicted molar refractivity (Wildman–Crippen MR) is 95.1 cm³/mol. The van der Waals surface area contributed by atoms with Gasteiger partial charge in [-0.25, -0.2) is 4.79 Å². The molecule has 0 bridgehead atoms. The van der Waals surface area contributed by atoms with E-state index in [1.54, 1.807) is 25.3 Å². The molecule has 2 aromatic carbocycles. The van der Waals surface area contributed by atoms with E-state index in [4.69, 9.17) is 9.47 Å². The van der Waals surface area contributed by atoms with E-state index in [2.05, 4.69) is 6.58 Å². The average Bonchev–Trinajstić information content (AvgIpc) is 3.11. The van der Waals surface area contributed by atoms with E-state index in [1.807, 2.05) is 36.4 Å². The zero-order valence-corrected chi connectivity index (χ0v) is 14.0. The van der Waals surface area contributed by atoms with Crippen LogP contribution in [-0.2, 0) is 10.3 Å². The highest BCUT2D eigenvalue weighted by Gasteiger charge is 2.40. The molecule has 3 heteroatoms. The fourth-order valence-electron chi connectivity index (χ4n) is 3.38. The highest BCUT2D eigenvalue weighted by Crippen LogP contribution is 2.43. The minimum absolute atomic E-state index is 0.346. The van der Waals surface area contributed by atoms with E-state index in [9.17, 15) is 4.79 Å². The largest absolute Gasteiger partial charge is 0.496 e. The number of rotatable bonds is 5. The van der Waals surface area contributed by atoms with Crippen LogP contribution < -0.4 is 4.74 Å². The lowest BCUT2D eigenvalue weighted by atomic mass is 9.92. The van der Waals surface area contributed by atoms with E-state index in [1.165, 1.54) is 0 Å². The molecule has 0 unspecified atom stereocenters. The van der Waals surface area contributed by atoms with E-state index < -0.39 is 5.60 Å². The quantitative estimate of drug-likeness (QED) is 0.730. The van der Waals surface area contributed by atoms with E-state index in [0.717, 1.165) is 36.8 Å². The minimum Gasteiger partial charge on any atom is -0.496 e. The molecule has 0 N–H and O–H groups in total. The summed E-state index contributed by atoms with van der Waals surface area (Å²) < 4.78 is 11.4. The van der Waals surface area contributed by atoms with Gasteiger partial charge in [0, 0.05) is 0 Å². The molecule has 3 nitrogen and oxygen atoms in total. The first-order chi connectivity index (χ1) is 11.7. The standard InChI is InChI=1S/C21H22O3/c1-3-16-11-12-19(23-2)18(15-16)20(22)24-21(13-7-8-14-21)17-9-5-4-6-10-17/h3-6,9-12,15H,1,7-8,13-14H2,2H3. The summed E-state index contributed by atoms with van der Waals surface area (Å²) in [6.07, 6.45) is 5.54. The number of carbonyl (C=O) groups is 1. The zero-order chi connectivity index (χ0) is 17.0. The molecule has 1 aliphatic rings. The summed E-state index contributed by atoms with van der Waals surface area (Å²) in [6.45, 7) is 3.76. The molecule has 0 amide bonds. The summed E-state index contributed by atoms with van der Waals surface area (Å²) in [4.78, 5) is 12.9. The number of methoxy groups -OCH3 is 1. The van der Waals surface area contributed by atoms with Crippen molar-refractivity contribution in [2.75, 3.05) is 7.11 Å². The second kappa shape index (κ2) is 6.91. The Labute approximate surface area is 142 Å². The van der Waals surface area contributed by atoms with Gasteiger partial charge in [-0.3, -0.25) is 0 Å². The number of hydrogen-bond acceptors (Lipinski definition) is 3. The van der Waals surface area contributed by atoms with Crippen molar-refractivity contribution in [1.29, 1.82) is 0 Å². The first kappa shape index (κ1) is 16.3. The average molecular weight is 322 g/mol. The predicted octanol–water partition coefficient (Wildman–Crippen LogP) is 4.96. The Morgan fingerprint density at radius 3 is 2.46 bits per heavy atom. The van der Waals surface area contributed by atoms with Crippen LogP contribution in [0.25, 0.3) is 6.08 Å². The SMILES string of the molecule is C=Cc1ccc(OC)c(C(=O)OC2(c3ccccc3)CCCC2)c1. The van der Waals surface area contributed by atoms with E-state index in [0.29, 0.717) is 11.3 Å². The fraction of sp³-hybridized carbons (Fsp3) is 0.286. The van der Waals surface area contributed by atoms with Gasteiger partial charge in [-0.1, -0.05) is 49.1 Å². The number of esters is 1. The van der Waals surface area contributed by atoms with Crippen LogP contribution in [-0.4, -0.2) is 13.1 Å². The maximum atomic E-state index is 12.9. The molecule has 24 heavy (non-hydrogen) atoms. The lowest BCUT2D eigenvalue weighted by Crippen LogP contribution is -2.29. The molecule has 0 radical (unpaired) electrons. The lowest BCUT2D eigenvalue weighted by Gasteiger charge is -2.30. The van der Waals surface area contributed by atoms with Gasteiger partial charge >= 0.3 is 5.97 Å². The summed E-state index contributed by atoms with van der Waals surface area (Å²) in [6, 6.07) is 15.4. The van der Waals surface area contributed by atoms with Gasteiger partial charge in [0.1, 0.15) is 16.9 Å². The smallest absolute Gasteiger partial charge is 0.342 e. The number of hydrogen-bond donors (Lipinski definition) is 0. The van der Waals surface area contributed by atoms with Gasteiger partial charge in [-0.05, 0) is 48.9 Å². The van der Waals surface area contributed by atoms with Gasteiger partial charge in [0.15, 0.2) is 0 Å². The number of carbonyl (C=O) groups excluding carboxylic acids is 1. The highest BCUT2D eigenvalue weighted by molar-refractivity contribution is 5.93. The van der Waals surface area contributed by atoms with Crippen molar-refractivity contribution in [2.24, 2.45) is 0 Å². The van der Waals surface area contributed by atoms with Crippen molar-refractivity contribution in [3.8, 4) is 5.75 Å². The first-order valence-corrected chi connectivity index (χ1v) is 8.28. The maximum Gasteiger partial charge on any atom is 0.342 e. The highest BCUT2D eigenvalue weighted by atomic mass is 16.6. The Morgan fingerprint density at radius 1 is 1.12 bits per heavy atom. The number of benzene rings is 2. The summed E-state index contributed by atoms with van der Waals surface area (Å²) in [5, 5.41) is 0. The second-order valence-electron chi connectivity index (χ2n) is 6.12. The third kappa shape index (κ3) is 3.07. The maximum absolute atomic E-state index is 12.9. The van der Waals surface area contributed by atoms with E-state index >= 15 is 0 Å². The van der Waals surface area contributed by atoms with Crippen molar-refractivity contribution in [1.82, 2.24) is 0 Å². The van der Waals surface area contributed by atoms with Crippen molar-refractivity contribution < 1.29 is 14.3 Å². The van der Waals surface area contributed by atoms with Gasteiger partial charge in [-0.15, -0.1) is 0 Å². The summed E-state index contributed by atoms with van der Waals surface area (Å²) in [5.74, 6) is 0.174. The molecule has 2 aromatic rings. The molecule has 1 fully saturated rings. The van der Waals surface area contributed by atoms with Crippen LogP contribution in [0, 0.1) is 0 Å². The molecule has 0 atom stereocenters. The summed E-state index contributed by atoms with van der Waals surface area (Å²) >= 11 is 0. The molecule has 1 aliphatic carbocycles. The lowest BCUT2D eigenvalue weighted by molar-refractivity contribution is -0.0186. The molecule has 3 rings (SSSR count). The van der Waals surface area contributed by atoms with Crippen LogP contribution in [0.5, 0.6) is 5.75 Å². The molecular weight excluding hydrogens is 300 g/mol. The van der Waals surface area contributed by atoms with Crippen molar-refractivity contribution in [3.63, 3.8) is 0 Å². The monoisotopic (exact) mass is 322 g/mol. The third-order valence-corrected chi connectivity index (χ3v) is 4.68. The zero-order valence-electron chi connectivity index (χ0n) is 14.0. The van der Waals surface area contributed by atoms with Crippen LogP contribution in [0.2, 0.25) is 0 Å². The van der Waals surface area contributed by atoms with Crippen molar-refractivity contribution >= 4 is 12.0 Å². The third-order valence-electron chi connectivity index (χ3n) is 4.68. The topological polar surface area (TPSA) is 35.5 Å². The van der Waals surface area contributed by atoms with Crippen LogP contribution in [0.15, 0.2) is 55.1 Å². The molecule has 0 heterocycles. The Kier molecular flexibility index (Phi) is 4.70. The van der Waals surface area contributed by atoms with Crippen LogP contribution in [0.3, 0.4) is 0 Å². The molecule has 1 saturated carbocycles. The van der Waals surface area contributed by atoms with Gasteiger partial charge in [0.05, 0.1) is 7.11 Å². The van der Waals surface area contributed by atoms with Crippen molar-refractivity contribution in [3.05, 3.63) is 71.8 Å². The molecule has 0 saturated heterocycles. The van der Waals surface area contributed by atoms with Crippen LogP contribution >= 0.6 is 0 Å². The molecular formula is C21H22O3. The summed E-state index contributed by atoms with van der Waals surface area (Å²) in [5.41, 5.74) is 1.84. The van der Waals surface area contributed by atoms with Gasteiger partial charge in [0.25, 0.3) is 0 Å². The number of ether oxygens (including phenoxy) is 2. The molecule has 0 spiro atoms. The van der Waals surface area contributed by atoms with Gasteiger partial charge in [0.2, 0.25) is 0 Å². The summed E-state index contributed by atoms with van der Waals surface area (Å²) in [7, 11) is 1.56. The molecule has 0 aliphatic heterocycles. The van der Waals surface area contributed by atoms with E-state index in [-0.39, 0.29) is 5.97 Å². The van der Waals surface area contributed by atoms with Gasteiger partial charge in [-0.2, -0.15) is 0 Å². The van der Waals surface area contributed by atoms with Gasteiger partial charge < -0.3 is 9.47 Å². The minimum atomic E-state index is -0.534. The Balaban J connectivity index is 1.94. The fourth-order valence-corrected chi connectivity index (χ4v) is 3.38. The van der Waals surface area contributed by atoms with Crippen LogP contribution in [0.1, 0.15) is 47.2 Å². The normalized spacial score (nSPS) is 15.7. The Hall–Kier alpha value is -2.55. The second-order valence-corrected chi connectivity index (χ2v) is 6.12. The van der Waals surface area contributed by atoms with Crippen molar-refractivity contribution in [2.45, 2.75) is 31.3 Å². The first-order valence-electron chi connectivity index (χ1n) is 8.28. The molecule has 0 aromatic heterocycles. The Bertz CT molecular complexity index is 728. The van der Waals surface area contributed by atoms with Crippen LogP contribution in [0.4, 0.5) is 0 Å². The Morgan fingerprint density at radius 2 is 1.83 bits per heavy atom. The molecule has 124 valence electrons.